The molecule has 14 heavy (non-hydrogen) atoms. The summed E-state index contributed by atoms with van der Waals surface area (Å²) >= 11 is 1.44. The van der Waals surface area contributed by atoms with E-state index in [0.29, 0.717) is 0 Å². The van der Waals surface area contributed by atoms with Crippen LogP contribution in [0.2, 0.25) is 0 Å². The maximum Gasteiger partial charge on any atom is 0.0508 e. The van der Waals surface area contributed by atoms with Gasteiger partial charge in [-0.15, -0.1) is 0 Å². The predicted molar refractivity (Wildman–Crippen MR) is 59.3 cm³/mol. The van der Waals surface area contributed by atoms with Crippen LogP contribution in [0.1, 0.15) is 11.1 Å². The van der Waals surface area contributed by atoms with E-state index in [2.05, 4.69) is 30.1 Å². The number of rotatable bonds is 2. The molecule has 0 aromatic heterocycles. The van der Waals surface area contributed by atoms with Crippen LogP contribution in [0.5, 0.6) is 0 Å². The molecular formula is C11H15NOS. The van der Waals surface area contributed by atoms with Crippen molar-refractivity contribution in [2.75, 3.05) is 20.7 Å². The SMILES string of the molecule is COSc1ccc2c(c1)CCN(C)C2. The first-order valence-electron chi connectivity index (χ1n) is 4.80. The molecule has 1 aromatic carbocycles. The molecule has 0 bridgehead atoms. The van der Waals surface area contributed by atoms with Crippen LogP contribution in [-0.4, -0.2) is 25.6 Å². The number of hydrogen-bond donors (Lipinski definition) is 0. The second-order valence-electron chi connectivity index (χ2n) is 3.67. The Hall–Kier alpha value is -0.510. The van der Waals surface area contributed by atoms with Crippen molar-refractivity contribution in [3.05, 3.63) is 29.3 Å². The molecule has 2 rings (SSSR count). The van der Waals surface area contributed by atoms with Crippen molar-refractivity contribution in [2.45, 2.75) is 17.9 Å². The summed E-state index contributed by atoms with van der Waals surface area (Å²) < 4.78 is 5.05. The van der Waals surface area contributed by atoms with Gasteiger partial charge >= 0.3 is 0 Å². The van der Waals surface area contributed by atoms with E-state index in [9.17, 15) is 0 Å². The summed E-state index contributed by atoms with van der Waals surface area (Å²) in [5, 5.41) is 0. The van der Waals surface area contributed by atoms with E-state index < -0.39 is 0 Å². The third kappa shape index (κ3) is 2.11. The van der Waals surface area contributed by atoms with Gasteiger partial charge in [-0.25, -0.2) is 0 Å². The zero-order valence-corrected chi connectivity index (χ0v) is 9.43. The van der Waals surface area contributed by atoms with Crippen LogP contribution in [-0.2, 0) is 17.1 Å². The first-order chi connectivity index (χ1) is 6.79. The summed E-state index contributed by atoms with van der Waals surface area (Å²) in [7, 11) is 3.87. The normalized spacial score (nSPS) is 16.7. The van der Waals surface area contributed by atoms with Crippen LogP contribution in [0, 0.1) is 0 Å². The Labute approximate surface area is 89.5 Å². The highest BCUT2D eigenvalue weighted by Gasteiger charge is 2.13. The lowest BCUT2D eigenvalue weighted by Gasteiger charge is -2.25. The van der Waals surface area contributed by atoms with Crippen LogP contribution >= 0.6 is 12.0 Å². The fourth-order valence-corrected chi connectivity index (χ4v) is 2.32. The van der Waals surface area contributed by atoms with Crippen LogP contribution in [0.25, 0.3) is 0 Å². The van der Waals surface area contributed by atoms with Gasteiger partial charge in [0.05, 0.1) is 7.11 Å². The monoisotopic (exact) mass is 209 g/mol. The molecule has 0 aliphatic carbocycles. The van der Waals surface area contributed by atoms with Gasteiger partial charge in [-0.3, -0.25) is 0 Å². The minimum absolute atomic E-state index is 1.08. The quantitative estimate of drug-likeness (QED) is 0.694. The summed E-state index contributed by atoms with van der Waals surface area (Å²) in [6, 6.07) is 6.59. The molecule has 76 valence electrons. The van der Waals surface area contributed by atoms with Crippen LogP contribution in [0.4, 0.5) is 0 Å². The van der Waals surface area contributed by atoms with Crippen molar-refractivity contribution in [1.29, 1.82) is 0 Å². The number of benzene rings is 1. The minimum Gasteiger partial charge on any atom is -0.314 e. The lowest BCUT2D eigenvalue weighted by Crippen LogP contribution is -2.26. The molecule has 0 saturated heterocycles. The van der Waals surface area contributed by atoms with E-state index in [4.69, 9.17) is 4.18 Å². The largest absolute Gasteiger partial charge is 0.314 e. The van der Waals surface area contributed by atoms with Gasteiger partial charge in [0.15, 0.2) is 0 Å². The number of fused-ring (bicyclic) bond motifs is 1. The summed E-state index contributed by atoms with van der Waals surface area (Å²) in [6.07, 6.45) is 1.16. The van der Waals surface area contributed by atoms with Crippen LogP contribution in [0.15, 0.2) is 23.1 Å². The Morgan fingerprint density at radius 1 is 1.36 bits per heavy atom. The van der Waals surface area contributed by atoms with Crippen molar-refractivity contribution < 1.29 is 4.18 Å². The van der Waals surface area contributed by atoms with Crippen molar-refractivity contribution in [2.24, 2.45) is 0 Å². The van der Waals surface area contributed by atoms with Crippen molar-refractivity contribution in [3.63, 3.8) is 0 Å². The fourth-order valence-electron chi connectivity index (χ4n) is 1.82. The highest BCUT2D eigenvalue weighted by Crippen LogP contribution is 2.25. The summed E-state index contributed by atoms with van der Waals surface area (Å²) in [4.78, 5) is 3.56. The van der Waals surface area contributed by atoms with E-state index >= 15 is 0 Å². The molecule has 1 aliphatic rings. The minimum atomic E-state index is 1.08. The Bertz CT molecular complexity index is 327. The molecule has 0 radical (unpaired) electrons. The molecule has 0 atom stereocenters. The second kappa shape index (κ2) is 4.34. The van der Waals surface area contributed by atoms with Gasteiger partial charge in [-0.1, -0.05) is 6.07 Å². The molecule has 0 spiro atoms. The zero-order chi connectivity index (χ0) is 9.97. The summed E-state index contributed by atoms with van der Waals surface area (Å²) in [6.45, 7) is 2.24. The van der Waals surface area contributed by atoms with Crippen molar-refractivity contribution in [3.8, 4) is 0 Å². The number of hydrogen-bond acceptors (Lipinski definition) is 3. The molecule has 0 saturated carbocycles. The van der Waals surface area contributed by atoms with Gasteiger partial charge in [-0.2, -0.15) is 0 Å². The van der Waals surface area contributed by atoms with Gasteiger partial charge in [0.25, 0.3) is 0 Å². The third-order valence-electron chi connectivity index (χ3n) is 2.56. The molecule has 0 N–H and O–H groups in total. The van der Waals surface area contributed by atoms with Crippen LogP contribution < -0.4 is 0 Å². The van der Waals surface area contributed by atoms with Gasteiger partial charge in [0.1, 0.15) is 0 Å². The van der Waals surface area contributed by atoms with Crippen molar-refractivity contribution in [1.82, 2.24) is 4.90 Å². The van der Waals surface area contributed by atoms with Gasteiger partial charge in [-0.05, 0) is 36.7 Å². The first kappa shape index (κ1) is 10.0. The Morgan fingerprint density at radius 2 is 2.21 bits per heavy atom. The van der Waals surface area contributed by atoms with E-state index in [1.807, 2.05) is 0 Å². The molecule has 1 aliphatic heterocycles. The Kier molecular flexibility index (Phi) is 3.11. The molecule has 0 unspecified atom stereocenters. The zero-order valence-electron chi connectivity index (χ0n) is 8.62. The van der Waals surface area contributed by atoms with Crippen molar-refractivity contribution >= 4 is 12.0 Å². The smallest absolute Gasteiger partial charge is 0.0508 e. The number of likely N-dealkylation sites (N-methyl/N-ethyl adjacent to an activating group) is 1. The van der Waals surface area contributed by atoms with Gasteiger partial charge in [0, 0.05) is 30.0 Å². The third-order valence-corrected chi connectivity index (χ3v) is 3.17. The average molecular weight is 209 g/mol. The molecule has 0 fully saturated rings. The topological polar surface area (TPSA) is 12.5 Å². The average Bonchev–Trinajstić information content (AvgIpc) is 2.19. The van der Waals surface area contributed by atoms with E-state index in [1.54, 1.807) is 7.11 Å². The molecule has 2 nitrogen and oxygen atoms in total. The lowest BCUT2D eigenvalue weighted by molar-refractivity contribution is 0.312. The Balaban J connectivity index is 2.22. The maximum atomic E-state index is 5.05. The second-order valence-corrected chi connectivity index (χ2v) is 4.64. The standard InChI is InChI=1S/C11H15NOS/c1-12-6-5-9-7-11(14-13-2)4-3-10(9)8-12/h3-4,7H,5-6,8H2,1-2H3. The molecule has 1 aromatic rings. The number of nitrogens with zero attached hydrogens (tertiary/aromatic N) is 1. The van der Waals surface area contributed by atoms with E-state index in [-0.39, 0.29) is 0 Å². The Morgan fingerprint density at radius 3 is 3.00 bits per heavy atom. The van der Waals surface area contributed by atoms with Crippen LogP contribution in [0.3, 0.4) is 0 Å². The lowest BCUT2D eigenvalue weighted by atomic mass is 10.0. The summed E-state index contributed by atoms with van der Waals surface area (Å²) in [5.41, 5.74) is 2.93. The highest BCUT2D eigenvalue weighted by atomic mass is 32.2. The van der Waals surface area contributed by atoms with Gasteiger partial charge in [0.2, 0.25) is 0 Å². The maximum absolute atomic E-state index is 5.05. The van der Waals surface area contributed by atoms with Gasteiger partial charge < -0.3 is 9.08 Å². The van der Waals surface area contributed by atoms with E-state index in [1.165, 1.54) is 28.1 Å². The first-order valence-corrected chi connectivity index (χ1v) is 5.55. The molecule has 0 amide bonds. The summed E-state index contributed by atoms with van der Waals surface area (Å²) in [5.74, 6) is 0. The molecular weight excluding hydrogens is 194 g/mol. The highest BCUT2D eigenvalue weighted by molar-refractivity contribution is 7.94. The molecule has 3 heteroatoms. The fraction of sp³-hybridized carbons (Fsp3) is 0.455. The predicted octanol–water partition coefficient (Wildman–Crippen LogP) is 2.33. The van der Waals surface area contributed by atoms with E-state index in [0.717, 1.165) is 19.5 Å². The molecule has 1 heterocycles.